The van der Waals surface area contributed by atoms with Crippen molar-refractivity contribution in [2.75, 3.05) is 6.61 Å². The number of carbonyl (C=O) groups is 1. The molecule has 1 aliphatic heterocycles. The van der Waals surface area contributed by atoms with Crippen molar-refractivity contribution in [1.29, 1.82) is 0 Å². The molecule has 1 heterocycles. The number of unbranched alkanes of at least 4 members (excludes halogenated alkanes) is 5. The van der Waals surface area contributed by atoms with Gasteiger partial charge in [-0.05, 0) is 60.2 Å². The fraction of sp³-hybridized carbons (Fsp3) is 0.444. The lowest BCUT2D eigenvalue weighted by molar-refractivity contribution is -0.118. The van der Waals surface area contributed by atoms with Crippen molar-refractivity contribution in [1.82, 2.24) is 5.32 Å². The number of ether oxygens (including phenoxy) is 1. The second-order valence-electron chi connectivity index (χ2n) is 8.30. The third-order valence-electron chi connectivity index (χ3n) is 5.63. The molecule has 3 rings (SSSR count). The lowest BCUT2D eigenvalue weighted by Crippen LogP contribution is -2.25. The third-order valence-corrected chi connectivity index (χ3v) is 6.70. The first-order valence-corrected chi connectivity index (χ1v) is 12.9. The predicted molar refractivity (Wildman–Crippen MR) is 139 cm³/mol. The first-order chi connectivity index (χ1) is 16.2. The van der Waals surface area contributed by atoms with Crippen LogP contribution in [0.2, 0.25) is 0 Å². The van der Waals surface area contributed by atoms with Gasteiger partial charge < -0.3 is 10.1 Å². The zero-order valence-corrected chi connectivity index (χ0v) is 20.6. The van der Waals surface area contributed by atoms with E-state index in [-0.39, 0.29) is 11.2 Å². The number of carbonyl (C=O) groups excluding carboxylic acids is 1. The third kappa shape index (κ3) is 8.69. The maximum absolute atomic E-state index is 12.3. The first kappa shape index (κ1) is 25.0. The number of hydrogen-bond donors (Lipinski definition) is 1. The molecular formula is C27H35N3O2S. The highest BCUT2D eigenvalue weighted by atomic mass is 32.2. The maximum Gasteiger partial charge on any atom is 0.239 e. The minimum Gasteiger partial charge on any atom is -0.494 e. The van der Waals surface area contributed by atoms with Gasteiger partial charge in [0, 0.05) is 0 Å². The summed E-state index contributed by atoms with van der Waals surface area (Å²) in [5.74, 6) is 0.862. The number of thioether (sulfide) groups is 1. The van der Waals surface area contributed by atoms with Crippen molar-refractivity contribution in [2.45, 2.75) is 70.5 Å². The fourth-order valence-electron chi connectivity index (χ4n) is 3.58. The van der Waals surface area contributed by atoms with Crippen LogP contribution >= 0.6 is 11.8 Å². The van der Waals surface area contributed by atoms with E-state index in [2.05, 4.69) is 53.6 Å². The number of amidine groups is 1. The molecule has 33 heavy (non-hydrogen) atoms. The zero-order chi connectivity index (χ0) is 23.3. The Bertz CT molecular complexity index is 923. The highest BCUT2D eigenvalue weighted by molar-refractivity contribution is 8.15. The lowest BCUT2D eigenvalue weighted by atomic mass is 10.1. The van der Waals surface area contributed by atoms with E-state index >= 15 is 0 Å². The van der Waals surface area contributed by atoms with Gasteiger partial charge >= 0.3 is 0 Å². The molecule has 1 atom stereocenters. The average molecular weight is 466 g/mol. The van der Waals surface area contributed by atoms with Crippen LogP contribution in [-0.2, 0) is 17.6 Å². The maximum atomic E-state index is 12.3. The molecule has 2 aromatic rings. The zero-order valence-electron chi connectivity index (χ0n) is 19.8. The Morgan fingerprint density at radius 2 is 1.64 bits per heavy atom. The number of benzene rings is 2. The summed E-state index contributed by atoms with van der Waals surface area (Å²) in [6, 6.07) is 16.3. The Kier molecular flexibility index (Phi) is 10.5. The summed E-state index contributed by atoms with van der Waals surface area (Å²) in [4.78, 5) is 12.3. The number of rotatable bonds is 13. The minimum absolute atomic E-state index is 0.0135. The number of nitrogens with one attached hydrogen (secondary N) is 1. The van der Waals surface area contributed by atoms with Crippen LogP contribution in [0.4, 0.5) is 0 Å². The van der Waals surface area contributed by atoms with Gasteiger partial charge in [-0.2, -0.15) is 5.10 Å². The fourth-order valence-corrected chi connectivity index (χ4v) is 4.55. The molecule has 0 bridgehead atoms. The van der Waals surface area contributed by atoms with E-state index < -0.39 is 0 Å². The van der Waals surface area contributed by atoms with Gasteiger partial charge in [-0.1, -0.05) is 82.0 Å². The van der Waals surface area contributed by atoms with Gasteiger partial charge in [-0.25, -0.2) is 0 Å². The lowest BCUT2D eigenvalue weighted by Gasteiger charge is -2.06. The molecule has 5 nitrogen and oxygen atoms in total. The topological polar surface area (TPSA) is 63.1 Å². The second kappa shape index (κ2) is 13.8. The van der Waals surface area contributed by atoms with Crippen LogP contribution in [0.1, 0.15) is 69.1 Å². The number of aryl methyl sites for hydroxylation is 1. The van der Waals surface area contributed by atoms with Crippen LogP contribution in [0.3, 0.4) is 0 Å². The van der Waals surface area contributed by atoms with Crippen LogP contribution < -0.4 is 10.1 Å². The van der Waals surface area contributed by atoms with Crippen LogP contribution in [0.15, 0.2) is 58.7 Å². The highest BCUT2D eigenvalue weighted by Crippen LogP contribution is 2.23. The van der Waals surface area contributed by atoms with E-state index in [1.165, 1.54) is 49.4 Å². The predicted octanol–water partition coefficient (Wildman–Crippen LogP) is 6.15. The molecule has 0 aromatic heterocycles. The van der Waals surface area contributed by atoms with Gasteiger partial charge in [-0.15, -0.1) is 5.10 Å². The average Bonchev–Trinajstić information content (AvgIpc) is 3.18. The van der Waals surface area contributed by atoms with E-state index in [4.69, 9.17) is 4.74 Å². The molecule has 176 valence electrons. The monoisotopic (exact) mass is 465 g/mol. The Labute approximate surface area is 202 Å². The van der Waals surface area contributed by atoms with Crippen molar-refractivity contribution in [3.8, 4) is 5.75 Å². The smallest absolute Gasteiger partial charge is 0.239 e. The molecule has 1 unspecified atom stereocenters. The SMILES string of the molecule is CCCCCCCCOc1ccc(/C=N/N=C2\NC(=O)C(Cc3ccc(CC)cc3)S2)cc1. The highest BCUT2D eigenvalue weighted by Gasteiger charge is 2.30. The van der Waals surface area contributed by atoms with Gasteiger partial charge in [0.1, 0.15) is 5.75 Å². The normalized spacial score (nSPS) is 17.1. The van der Waals surface area contributed by atoms with Gasteiger partial charge in [0.2, 0.25) is 5.91 Å². The molecule has 2 aromatic carbocycles. The van der Waals surface area contributed by atoms with E-state index in [1.807, 2.05) is 24.3 Å². The van der Waals surface area contributed by atoms with Crippen LogP contribution in [-0.4, -0.2) is 29.1 Å². The van der Waals surface area contributed by atoms with Gasteiger partial charge in [0.25, 0.3) is 0 Å². The van der Waals surface area contributed by atoms with E-state index in [0.717, 1.165) is 36.3 Å². The van der Waals surface area contributed by atoms with Crippen LogP contribution in [0.25, 0.3) is 0 Å². The molecule has 6 heteroatoms. The standard InChI is InChI=1S/C27H35N3O2S/c1-3-5-6-7-8-9-18-32-24-16-14-23(15-17-24)20-28-30-27-29-26(31)25(33-27)19-22-12-10-21(4-2)11-13-22/h10-17,20,25H,3-9,18-19H2,1-2H3,(H,29,30,31)/b28-20+. The summed E-state index contributed by atoms with van der Waals surface area (Å²) in [6.07, 6.45) is 10.9. The largest absolute Gasteiger partial charge is 0.494 e. The Hall–Kier alpha value is -2.60. The van der Waals surface area contributed by atoms with E-state index in [9.17, 15) is 4.79 Å². The number of nitrogens with zero attached hydrogens (tertiary/aromatic N) is 2. The van der Waals surface area contributed by atoms with Crippen molar-refractivity contribution in [2.24, 2.45) is 10.2 Å². The second-order valence-corrected chi connectivity index (χ2v) is 9.50. The summed E-state index contributed by atoms with van der Waals surface area (Å²) < 4.78 is 5.82. The Morgan fingerprint density at radius 3 is 2.36 bits per heavy atom. The molecule has 1 N–H and O–H groups in total. The minimum atomic E-state index is -0.172. The van der Waals surface area contributed by atoms with Crippen LogP contribution in [0.5, 0.6) is 5.75 Å². The van der Waals surface area contributed by atoms with Crippen molar-refractivity contribution in [3.63, 3.8) is 0 Å². The van der Waals surface area contributed by atoms with Crippen molar-refractivity contribution in [3.05, 3.63) is 65.2 Å². The molecule has 1 aliphatic rings. The molecule has 1 amide bonds. The van der Waals surface area contributed by atoms with Crippen molar-refractivity contribution >= 4 is 29.1 Å². The molecule has 0 aliphatic carbocycles. The van der Waals surface area contributed by atoms with E-state index in [1.54, 1.807) is 6.21 Å². The summed E-state index contributed by atoms with van der Waals surface area (Å²) in [7, 11) is 0. The number of amides is 1. The Balaban J connectivity index is 1.41. The molecule has 0 spiro atoms. The molecular weight excluding hydrogens is 430 g/mol. The summed E-state index contributed by atoms with van der Waals surface area (Å²) in [6.45, 7) is 5.13. The van der Waals surface area contributed by atoms with Gasteiger partial charge in [0.05, 0.1) is 18.1 Å². The Morgan fingerprint density at radius 1 is 0.939 bits per heavy atom. The number of hydrogen-bond acceptors (Lipinski definition) is 5. The summed E-state index contributed by atoms with van der Waals surface area (Å²) in [5.41, 5.74) is 3.40. The summed E-state index contributed by atoms with van der Waals surface area (Å²) in [5, 5.41) is 11.5. The quantitative estimate of drug-likeness (QED) is 0.219. The molecule has 1 fully saturated rings. The van der Waals surface area contributed by atoms with Crippen LogP contribution in [0, 0.1) is 0 Å². The van der Waals surface area contributed by atoms with Crippen molar-refractivity contribution < 1.29 is 9.53 Å². The molecule has 0 radical (unpaired) electrons. The summed E-state index contributed by atoms with van der Waals surface area (Å²) >= 11 is 1.43. The first-order valence-electron chi connectivity index (χ1n) is 12.1. The van der Waals surface area contributed by atoms with E-state index in [0.29, 0.717) is 11.6 Å². The van der Waals surface area contributed by atoms with Gasteiger partial charge in [0.15, 0.2) is 5.17 Å². The van der Waals surface area contributed by atoms with Gasteiger partial charge in [-0.3, -0.25) is 4.79 Å². The molecule has 1 saturated heterocycles. The molecule has 0 saturated carbocycles.